The van der Waals surface area contributed by atoms with Gasteiger partial charge < -0.3 is 4.74 Å². The highest BCUT2D eigenvalue weighted by Crippen LogP contribution is 2.38. The highest BCUT2D eigenvalue weighted by Gasteiger charge is 2.18. The van der Waals surface area contributed by atoms with Crippen LogP contribution in [0.2, 0.25) is 0 Å². The van der Waals surface area contributed by atoms with Crippen molar-refractivity contribution in [2.24, 2.45) is 0 Å². The van der Waals surface area contributed by atoms with Crippen molar-refractivity contribution in [3.63, 3.8) is 0 Å². The molecule has 0 fully saturated rings. The Morgan fingerprint density at radius 2 is 1.42 bits per heavy atom. The lowest BCUT2D eigenvalue weighted by Gasteiger charge is -2.05. The van der Waals surface area contributed by atoms with Crippen molar-refractivity contribution in [3.05, 3.63) is 84.9 Å². The Labute approximate surface area is 145 Å². The molecule has 0 bridgehead atoms. The molecule has 1 nitrogen and oxygen atoms in total. The quantitative estimate of drug-likeness (QED) is 0.388. The van der Waals surface area contributed by atoms with Gasteiger partial charge in [0.1, 0.15) is 5.75 Å². The van der Waals surface area contributed by atoms with Gasteiger partial charge in [-0.3, -0.25) is 0 Å². The van der Waals surface area contributed by atoms with E-state index in [-0.39, 0.29) is 0 Å². The fraction of sp³-hybridized carbons (Fsp3) is 0.0455. The standard InChI is InChI=1S/C22H17OS/c1-23-18-13-11-17(12-14-18)22-15-20(16-7-3-2-4-8-16)19-9-5-6-10-21(19)24-22/h2-15H,1H3/q+1. The van der Waals surface area contributed by atoms with Crippen LogP contribution in [0.4, 0.5) is 0 Å². The monoisotopic (exact) mass is 329 g/mol. The molecule has 0 aliphatic heterocycles. The molecule has 4 rings (SSSR count). The first kappa shape index (κ1) is 14.9. The molecular formula is C22H17OS+. The summed E-state index contributed by atoms with van der Waals surface area (Å²) in [6, 6.07) is 29.7. The average molecular weight is 329 g/mol. The Bertz CT molecular complexity index is 976. The van der Waals surface area contributed by atoms with E-state index >= 15 is 0 Å². The summed E-state index contributed by atoms with van der Waals surface area (Å²) in [4.78, 5) is 1.26. The highest BCUT2D eigenvalue weighted by molar-refractivity contribution is 7.21. The Hall–Kier alpha value is -2.71. The largest absolute Gasteiger partial charge is 0.497 e. The van der Waals surface area contributed by atoms with Crippen LogP contribution in [0.1, 0.15) is 0 Å². The molecule has 2 heteroatoms. The first-order valence-electron chi connectivity index (χ1n) is 7.91. The minimum Gasteiger partial charge on any atom is -0.497 e. The lowest BCUT2D eigenvalue weighted by molar-refractivity contribution is 0.415. The van der Waals surface area contributed by atoms with Crippen LogP contribution in [-0.4, -0.2) is 7.11 Å². The number of fused-ring (bicyclic) bond motifs is 1. The first-order valence-corrected chi connectivity index (χ1v) is 8.72. The molecule has 0 amide bonds. The zero-order chi connectivity index (χ0) is 16.4. The topological polar surface area (TPSA) is 9.23 Å². The van der Waals surface area contributed by atoms with Gasteiger partial charge in [0.25, 0.3) is 0 Å². The molecule has 116 valence electrons. The van der Waals surface area contributed by atoms with Gasteiger partial charge in [-0.1, -0.05) is 42.5 Å². The second-order valence-corrected chi connectivity index (χ2v) is 6.70. The van der Waals surface area contributed by atoms with Crippen LogP contribution in [-0.2, 0) is 0 Å². The van der Waals surface area contributed by atoms with E-state index < -0.39 is 0 Å². The van der Waals surface area contributed by atoms with Crippen molar-refractivity contribution >= 4 is 21.4 Å². The molecule has 0 radical (unpaired) electrons. The molecule has 0 unspecified atom stereocenters. The summed E-state index contributed by atoms with van der Waals surface area (Å²) in [6.07, 6.45) is 0. The molecule has 0 saturated carbocycles. The van der Waals surface area contributed by atoms with Gasteiger partial charge in [-0.15, -0.1) is 0 Å². The third-order valence-electron chi connectivity index (χ3n) is 4.13. The summed E-state index contributed by atoms with van der Waals surface area (Å²) in [5.74, 6) is 0.882. The molecule has 1 aromatic heterocycles. The normalized spacial score (nSPS) is 10.7. The molecule has 0 saturated heterocycles. The lowest BCUT2D eigenvalue weighted by Crippen LogP contribution is -1.84. The van der Waals surface area contributed by atoms with Gasteiger partial charge in [0.2, 0.25) is 20.9 Å². The SMILES string of the molecule is COc1ccc(-c2cc(-c3ccccc3)c3ccccc3[s+]2)cc1. The summed E-state index contributed by atoms with van der Waals surface area (Å²) in [5, 5.41) is 1.30. The zero-order valence-electron chi connectivity index (χ0n) is 13.4. The number of ether oxygens (including phenoxy) is 1. The van der Waals surface area contributed by atoms with Gasteiger partial charge >= 0.3 is 0 Å². The molecule has 3 aromatic carbocycles. The fourth-order valence-corrected chi connectivity index (χ4v) is 3.99. The maximum absolute atomic E-state index is 5.27. The predicted octanol–water partition coefficient (Wildman–Crippen LogP) is 6.53. The summed E-state index contributed by atoms with van der Waals surface area (Å²) in [6.45, 7) is 0. The van der Waals surface area contributed by atoms with Crippen molar-refractivity contribution in [1.82, 2.24) is 0 Å². The van der Waals surface area contributed by atoms with Crippen LogP contribution in [0.5, 0.6) is 5.75 Å². The highest BCUT2D eigenvalue weighted by atomic mass is 32.1. The van der Waals surface area contributed by atoms with E-state index in [9.17, 15) is 0 Å². The maximum atomic E-state index is 5.27. The van der Waals surface area contributed by atoms with Gasteiger partial charge in [-0.05, 0) is 35.9 Å². The van der Waals surface area contributed by atoms with Gasteiger partial charge in [0.05, 0.1) is 7.11 Å². The van der Waals surface area contributed by atoms with Crippen molar-refractivity contribution in [2.75, 3.05) is 7.11 Å². The van der Waals surface area contributed by atoms with Crippen LogP contribution < -0.4 is 4.74 Å². The van der Waals surface area contributed by atoms with Gasteiger partial charge in [-0.2, -0.15) is 0 Å². The Morgan fingerprint density at radius 1 is 0.708 bits per heavy atom. The Kier molecular flexibility index (Phi) is 3.97. The van der Waals surface area contributed by atoms with Crippen LogP contribution in [0, 0.1) is 0 Å². The maximum Gasteiger partial charge on any atom is 0.239 e. The van der Waals surface area contributed by atoms with E-state index in [0.717, 1.165) is 5.75 Å². The molecular weight excluding hydrogens is 312 g/mol. The fourth-order valence-electron chi connectivity index (χ4n) is 2.89. The molecule has 0 N–H and O–H groups in total. The summed E-state index contributed by atoms with van der Waals surface area (Å²) < 4.78 is 6.57. The molecule has 1 heterocycles. The number of benzene rings is 3. The second-order valence-electron chi connectivity index (χ2n) is 5.62. The summed E-state index contributed by atoms with van der Waals surface area (Å²) in [7, 11) is 1.70. The van der Waals surface area contributed by atoms with Crippen molar-refractivity contribution in [2.45, 2.75) is 0 Å². The van der Waals surface area contributed by atoms with Gasteiger partial charge in [-0.25, -0.2) is 0 Å². The van der Waals surface area contributed by atoms with Crippen LogP contribution in [0.15, 0.2) is 84.9 Å². The summed E-state index contributed by atoms with van der Waals surface area (Å²) >= 11 is 1.82. The number of rotatable bonds is 3. The molecule has 0 spiro atoms. The summed E-state index contributed by atoms with van der Waals surface area (Å²) in [5.41, 5.74) is 3.73. The van der Waals surface area contributed by atoms with E-state index in [4.69, 9.17) is 4.74 Å². The smallest absolute Gasteiger partial charge is 0.239 e. The number of methoxy groups -OCH3 is 1. The lowest BCUT2D eigenvalue weighted by atomic mass is 10.0. The molecule has 24 heavy (non-hydrogen) atoms. The molecule has 0 atom stereocenters. The average Bonchev–Trinajstić information content (AvgIpc) is 2.68. The third-order valence-corrected chi connectivity index (χ3v) is 5.28. The van der Waals surface area contributed by atoms with Crippen molar-refractivity contribution in [3.8, 4) is 27.3 Å². The van der Waals surface area contributed by atoms with Gasteiger partial charge in [0.15, 0.2) is 0 Å². The minimum absolute atomic E-state index is 0.882. The third kappa shape index (κ3) is 2.77. The zero-order valence-corrected chi connectivity index (χ0v) is 14.2. The van der Waals surface area contributed by atoms with Gasteiger partial charge in [0, 0.05) is 28.6 Å². The van der Waals surface area contributed by atoms with Crippen LogP contribution in [0.3, 0.4) is 0 Å². The van der Waals surface area contributed by atoms with Crippen LogP contribution >= 0.6 is 11.3 Å². The molecule has 0 aliphatic carbocycles. The molecule has 0 aliphatic rings. The predicted molar refractivity (Wildman–Crippen MR) is 104 cm³/mol. The first-order chi connectivity index (χ1) is 11.8. The number of hydrogen-bond donors (Lipinski definition) is 0. The van der Waals surface area contributed by atoms with E-state index in [0.29, 0.717) is 0 Å². The van der Waals surface area contributed by atoms with E-state index in [1.54, 1.807) is 7.11 Å². The number of hydrogen-bond acceptors (Lipinski definition) is 1. The van der Waals surface area contributed by atoms with Crippen LogP contribution in [0.25, 0.3) is 31.7 Å². The van der Waals surface area contributed by atoms with E-state index in [1.165, 1.54) is 31.7 Å². The Balaban J connectivity index is 1.94. The van der Waals surface area contributed by atoms with Crippen molar-refractivity contribution < 1.29 is 4.74 Å². The van der Waals surface area contributed by atoms with E-state index in [1.807, 2.05) is 23.5 Å². The minimum atomic E-state index is 0.882. The second kappa shape index (κ2) is 6.42. The molecule has 4 aromatic rings. The van der Waals surface area contributed by atoms with Crippen molar-refractivity contribution in [1.29, 1.82) is 0 Å². The van der Waals surface area contributed by atoms with E-state index in [2.05, 4.69) is 72.8 Å². The Morgan fingerprint density at radius 3 is 2.17 bits per heavy atom.